The van der Waals surface area contributed by atoms with Gasteiger partial charge in [-0.1, -0.05) is 42.5 Å². The Hall–Kier alpha value is -9.16. The molecule has 12 nitrogen and oxygen atoms in total. The molecule has 0 radical (unpaired) electrons. The van der Waals surface area contributed by atoms with E-state index in [1.54, 1.807) is 91.0 Å². The fourth-order valence-electron chi connectivity index (χ4n) is 10.2. The van der Waals surface area contributed by atoms with Crippen molar-refractivity contribution in [2.45, 2.75) is 23.9 Å². The number of rotatable bonds is 7. The van der Waals surface area contributed by atoms with E-state index in [4.69, 9.17) is 9.15 Å². The van der Waals surface area contributed by atoms with E-state index in [0.717, 1.165) is 0 Å². The summed E-state index contributed by atoms with van der Waals surface area (Å²) in [5, 5.41) is 111. The van der Waals surface area contributed by atoms with Crippen LogP contribution in [0.5, 0.6) is 63.2 Å². The molecule has 4 atom stereocenters. The number of phenolic OH excluding ortho intramolecular Hbond substituents is 10. The van der Waals surface area contributed by atoms with Crippen LogP contribution in [0, 0.1) is 0 Å². The van der Waals surface area contributed by atoms with Crippen molar-refractivity contribution in [2.75, 3.05) is 0 Å². The molecule has 2 heterocycles. The molecule has 0 fully saturated rings. The minimum atomic E-state index is -0.867. The van der Waals surface area contributed by atoms with Gasteiger partial charge in [-0.3, -0.25) is 0 Å². The van der Waals surface area contributed by atoms with Crippen LogP contribution < -0.4 is 4.74 Å². The fraction of sp³-hybridized carbons (Fsp3) is 0.0714. The highest BCUT2D eigenvalue weighted by Gasteiger charge is 2.48. The molecule has 2 aliphatic rings. The summed E-state index contributed by atoms with van der Waals surface area (Å²) < 4.78 is 13.1. The summed E-state index contributed by atoms with van der Waals surface area (Å²) in [7, 11) is 0. The maximum Gasteiger partial charge on any atom is 0.143 e. The van der Waals surface area contributed by atoms with Gasteiger partial charge in [0, 0.05) is 74.9 Å². The summed E-state index contributed by atoms with van der Waals surface area (Å²) in [4.78, 5) is 0. The van der Waals surface area contributed by atoms with Gasteiger partial charge in [0.15, 0.2) is 0 Å². The lowest BCUT2D eigenvalue weighted by molar-refractivity contribution is 0.221. The van der Waals surface area contributed by atoms with Crippen LogP contribution in [0.25, 0.3) is 45.6 Å². The summed E-state index contributed by atoms with van der Waals surface area (Å²) in [6.45, 7) is 0. The standard InChI is InChI=1S/C56H40O12/c57-32-10-4-28(5-11-32)49-50(41-22-38(63)26-47-52(41)54(42-21-37(62)24-45(66)51(42)49)56(68-47)30-8-14-34(59)15-9-30)40-19-27(2-18-43(40)64)1-3-31-20-36(61)25-46-48(31)53(39-17-16-35(60)23-44(39)65)55(67-46)29-6-12-33(58)13-7-29/h1-26,49-50,54,56-66H/b3-1+. The second-order valence-corrected chi connectivity index (χ2v) is 17.2. The minimum Gasteiger partial charge on any atom is -0.508 e. The van der Waals surface area contributed by atoms with Crippen LogP contribution in [-0.4, -0.2) is 51.1 Å². The average molecular weight is 905 g/mol. The normalized spacial score (nSPS) is 17.2. The number of hydrogen-bond donors (Lipinski definition) is 10. The Bertz CT molecular complexity index is 3500. The molecule has 10 N–H and O–H groups in total. The van der Waals surface area contributed by atoms with Gasteiger partial charge >= 0.3 is 0 Å². The molecule has 9 aromatic rings. The third kappa shape index (κ3) is 6.94. The monoisotopic (exact) mass is 904 g/mol. The zero-order chi connectivity index (χ0) is 47.1. The average Bonchev–Trinajstić information content (AvgIpc) is 3.84. The lowest BCUT2D eigenvalue weighted by atomic mass is 9.73. The van der Waals surface area contributed by atoms with Crippen molar-refractivity contribution < 1.29 is 60.2 Å². The van der Waals surface area contributed by atoms with Gasteiger partial charge in [-0.25, -0.2) is 0 Å². The van der Waals surface area contributed by atoms with Crippen molar-refractivity contribution >= 4 is 23.1 Å². The highest BCUT2D eigenvalue weighted by atomic mass is 16.5. The van der Waals surface area contributed by atoms with Gasteiger partial charge in [-0.2, -0.15) is 0 Å². The van der Waals surface area contributed by atoms with Crippen LogP contribution >= 0.6 is 0 Å². The minimum absolute atomic E-state index is 0.00169. The molecule has 0 amide bonds. The first-order chi connectivity index (χ1) is 32.8. The van der Waals surface area contributed by atoms with Crippen molar-refractivity contribution in [2.24, 2.45) is 0 Å². The lowest BCUT2D eigenvalue weighted by Crippen LogP contribution is -2.16. The number of phenols is 10. The Morgan fingerprint density at radius 1 is 0.412 bits per heavy atom. The molecule has 0 bridgehead atoms. The van der Waals surface area contributed by atoms with Crippen molar-refractivity contribution in [1.82, 2.24) is 0 Å². The van der Waals surface area contributed by atoms with Gasteiger partial charge < -0.3 is 60.2 Å². The number of ether oxygens (including phenoxy) is 1. The van der Waals surface area contributed by atoms with E-state index < -0.39 is 23.9 Å². The van der Waals surface area contributed by atoms with E-state index >= 15 is 0 Å². The number of fused-ring (bicyclic) bond motifs is 3. The molecule has 1 aliphatic heterocycles. The third-order valence-electron chi connectivity index (χ3n) is 13.0. The van der Waals surface area contributed by atoms with E-state index in [-0.39, 0.29) is 63.1 Å². The Labute approximate surface area is 387 Å². The molecule has 4 unspecified atom stereocenters. The summed E-state index contributed by atoms with van der Waals surface area (Å²) in [6, 6.07) is 37.6. The maximum atomic E-state index is 12.1. The Morgan fingerprint density at radius 3 is 1.71 bits per heavy atom. The van der Waals surface area contributed by atoms with Gasteiger partial charge in [0.2, 0.25) is 0 Å². The van der Waals surface area contributed by atoms with Crippen LogP contribution in [0.2, 0.25) is 0 Å². The summed E-state index contributed by atoms with van der Waals surface area (Å²) in [5.74, 6) is -2.77. The van der Waals surface area contributed by atoms with Crippen molar-refractivity contribution in [3.63, 3.8) is 0 Å². The first-order valence-corrected chi connectivity index (χ1v) is 21.6. The molecule has 336 valence electrons. The summed E-state index contributed by atoms with van der Waals surface area (Å²) in [5.41, 5.74) is 6.53. The molecular formula is C56H40O12. The molecule has 68 heavy (non-hydrogen) atoms. The van der Waals surface area contributed by atoms with Crippen LogP contribution in [0.4, 0.5) is 0 Å². The van der Waals surface area contributed by atoms with Gasteiger partial charge in [-0.05, 0) is 124 Å². The number of benzene rings is 8. The van der Waals surface area contributed by atoms with Crippen molar-refractivity contribution in [3.05, 3.63) is 196 Å². The SMILES string of the molecule is Oc1ccc(-c2oc3cc(O)cc(/C=C/c4ccc(O)c(C5c6cc(O)cc7c6C(c6cc(O)cc(O)c6C5c5ccc(O)cc5)C(c5ccc(O)cc5)O7)c4)c3c2-c2ccc(O)cc2O)cc1. The quantitative estimate of drug-likeness (QED) is 0.0675. The Balaban J connectivity index is 1.13. The summed E-state index contributed by atoms with van der Waals surface area (Å²) in [6.07, 6.45) is 2.78. The zero-order valence-corrected chi connectivity index (χ0v) is 35.6. The first-order valence-electron chi connectivity index (χ1n) is 21.6. The topological polar surface area (TPSA) is 225 Å². The predicted octanol–water partition coefficient (Wildman–Crippen LogP) is 11.5. The van der Waals surface area contributed by atoms with Gasteiger partial charge in [0.25, 0.3) is 0 Å². The highest BCUT2D eigenvalue weighted by Crippen LogP contribution is 2.63. The molecule has 0 saturated heterocycles. The number of hydrogen-bond acceptors (Lipinski definition) is 12. The highest BCUT2D eigenvalue weighted by molar-refractivity contribution is 6.08. The fourth-order valence-corrected chi connectivity index (χ4v) is 10.2. The second-order valence-electron chi connectivity index (χ2n) is 17.2. The molecule has 8 aromatic carbocycles. The molecule has 1 aliphatic carbocycles. The van der Waals surface area contributed by atoms with E-state index in [0.29, 0.717) is 83.7 Å². The number of furan rings is 1. The van der Waals surface area contributed by atoms with E-state index in [1.807, 2.05) is 0 Å². The third-order valence-corrected chi connectivity index (χ3v) is 13.0. The molecule has 12 heteroatoms. The number of aromatic hydroxyl groups is 10. The van der Waals surface area contributed by atoms with Crippen LogP contribution in [0.3, 0.4) is 0 Å². The smallest absolute Gasteiger partial charge is 0.143 e. The van der Waals surface area contributed by atoms with Crippen LogP contribution in [-0.2, 0) is 0 Å². The molecular weight excluding hydrogens is 865 g/mol. The molecule has 0 spiro atoms. The largest absolute Gasteiger partial charge is 0.508 e. The van der Waals surface area contributed by atoms with Crippen LogP contribution in [0.1, 0.15) is 73.9 Å². The Morgan fingerprint density at radius 2 is 1.01 bits per heavy atom. The van der Waals surface area contributed by atoms with E-state index in [2.05, 4.69) is 0 Å². The first kappa shape index (κ1) is 41.5. The molecule has 11 rings (SSSR count). The van der Waals surface area contributed by atoms with E-state index in [9.17, 15) is 51.1 Å². The Kier molecular flexibility index (Phi) is 9.64. The second kappa shape index (κ2) is 15.8. The van der Waals surface area contributed by atoms with Gasteiger partial charge in [-0.15, -0.1) is 0 Å². The van der Waals surface area contributed by atoms with Gasteiger partial charge in [0.05, 0.1) is 5.92 Å². The molecule has 0 saturated carbocycles. The van der Waals surface area contributed by atoms with Crippen LogP contribution in [0.15, 0.2) is 150 Å². The maximum absolute atomic E-state index is 12.1. The van der Waals surface area contributed by atoms with Crippen molar-refractivity contribution in [3.8, 4) is 85.7 Å². The van der Waals surface area contributed by atoms with Gasteiger partial charge in [0.1, 0.15) is 80.7 Å². The summed E-state index contributed by atoms with van der Waals surface area (Å²) >= 11 is 0. The van der Waals surface area contributed by atoms with Crippen molar-refractivity contribution in [1.29, 1.82) is 0 Å². The molecule has 1 aromatic heterocycles. The predicted molar refractivity (Wildman–Crippen MR) is 254 cm³/mol. The lowest BCUT2D eigenvalue weighted by Gasteiger charge is -2.31. The zero-order valence-electron chi connectivity index (χ0n) is 35.6. The van der Waals surface area contributed by atoms with E-state index in [1.165, 1.54) is 66.7 Å².